The number of aliphatic hydroxyl groups is 5. The van der Waals surface area contributed by atoms with Gasteiger partial charge in [0.15, 0.2) is 0 Å². The van der Waals surface area contributed by atoms with Gasteiger partial charge in [-0.25, -0.2) is 4.79 Å². The Labute approximate surface area is 119 Å². The van der Waals surface area contributed by atoms with Crippen LogP contribution < -0.4 is 5.32 Å². The van der Waals surface area contributed by atoms with E-state index in [1.807, 2.05) is 0 Å². The highest BCUT2D eigenvalue weighted by Crippen LogP contribution is 2.30. The first-order valence-electron chi connectivity index (χ1n) is 6.18. The molecule has 122 valence electrons. The fraction of sp³-hybridized carbons (Fsp3) is 0.818. The van der Waals surface area contributed by atoms with E-state index in [1.165, 1.54) is 0 Å². The van der Waals surface area contributed by atoms with Crippen molar-refractivity contribution in [3.63, 3.8) is 0 Å². The second kappa shape index (κ2) is 6.64. The van der Waals surface area contributed by atoms with Crippen molar-refractivity contribution in [1.29, 1.82) is 0 Å². The lowest BCUT2D eigenvalue weighted by atomic mass is 9.88. The summed E-state index contributed by atoms with van der Waals surface area (Å²) in [6.45, 7) is 0.256. The molecule has 0 aromatic heterocycles. The summed E-state index contributed by atoms with van der Waals surface area (Å²) in [5, 5.41) is 59.0. The smallest absolute Gasteiger partial charge is 0.364 e. The van der Waals surface area contributed by atoms with Crippen LogP contribution in [0.4, 0.5) is 0 Å². The Kier molecular flexibility index (Phi) is 5.61. The number of aliphatic carboxylic acids is 1. The number of ether oxygens (including phenoxy) is 1. The van der Waals surface area contributed by atoms with Gasteiger partial charge in [0.1, 0.15) is 18.3 Å². The second-order valence-corrected chi connectivity index (χ2v) is 4.91. The molecule has 0 saturated carbocycles. The molecular formula is C11H19NO9. The molecule has 0 spiro atoms. The number of nitrogens with one attached hydrogen (secondary N) is 1. The van der Waals surface area contributed by atoms with Crippen molar-refractivity contribution in [3.8, 4) is 0 Å². The van der Waals surface area contributed by atoms with Crippen LogP contribution in [0.5, 0.6) is 0 Å². The third-order valence-corrected chi connectivity index (χ3v) is 3.21. The van der Waals surface area contributed by atoms with E-state index in [-0.39, 0.29) is 0 Å². The van der Waals surface area contributed by atoms with Crippen molar-refractivity contribution in [2.45, 2.75) is 49.6 Å². The predicted molar refractivity (Wildman–Crippen MR) is 64.8 cm³/mol. The minimum absolute atomic E-state index is 0.598. The monoisotopic (exact) mass is 309 g/mol. The van der Waals surface area contributed by atoms with E-state index < -0.39 is 61.1 Å². The minimum atomic E-state index is -2.78. The van der Waals surface area contributed by atoms with Crippen molar-refractivity contribution in [2.75, 3.05) is 6.61 Å². The fourth-order valence-electron chi connectivity index (χ4n) is 2.14. The highest BCUT2D eigenvalue weighted by atomic mass is 16.7. The normalized spacial score (nSPS) is 35.8. The molecule has 21 heavy (non-hydrogen) atoms. The summed E-state index contributed by atoms with van der Waals surface area (Å²) < 4.78 is 4.86. The number of aliphatic hydroxyl groups excluding tert-OH is 4. The van der Waals surface area contributed by atoms with Crippen LogP contribution in [0.2, 0.25) is 0 Å². The van der Waals surface area contributed by atoms with E-state index in [0.717, 1.165) is 6.92 Å². The molecule has 0 aromatic carbocycles. The fourth-order valence-corrected chi connectivity index (χ4v) is 2.14. The first kappa shape index (κ1) is 17.8. The molecule has 10 nitrogen and oxygen atoms in total. The standard InChI is InChI=1S/C11H19NO9/c1-4(14)12-7-5(15)2-11(20,10(18)19)21-9(7)8(17)6(16)3-13/h5-9,13,15-17,20H,2-3H2,1H3,(H,12,14)(H,18,19)/t5?,6?,7?,8?,9?,11-/m1/s1. The molecule has 0 aromatic rings. The van der Waals surface area contributed by atoms with Gasteiger partial charge < -0.3 is 40.7 Å². The van der Waals surface area contributed by atoms with E-state index in [2.05, 4.69) is 5.32 Å². The molecule has 0 aliphatic carbocycles. The predicted octanol–water partition coefficient (Wildman–Crippen LogP) is -3.87. The molecule has 1 aliphatic heterocycles. The van der Waals surface area contributed by atoms with Crippen molar-refractivity contribution in [3.05, 3.63) is 0 Å². The minimum Gasteiger partial charge on any atom is -0.477 e. The molecule has 1 amide bonds. The molecule has 0 radical (unpaired) electrons. The average Bonchev–Trinajstić information content (AvgIpc) is 2.39. The van der Waals surface area contributed by atoms with Crippen LogP contribution in [0, 0.1) is 0 Å². The maximum Gasteiger partial charge on any atom is 0.364 e. The summed E-state index contributed by atoms with van der Waals surface area (Å²) in [7, 11) is 0. The second-order valence-electron chi connectivity index (χ2n) is 4.91. The first-order chi connectivity index (χ1) is 9.62. The van der Waals surface area contributed by atoms with Crippen LogP contribution in [-0.2, 0) is 14.3 Å². The molecule has 1 fully saturated rings. The molecule has 1 rings (SSSR count). The third kappa shape index (κ3) is 3.87. The number of carboxylic acids is 1. The molecule has 1 heterocycles. The third-order valence-electron chi connectivity index (χ3n) is 3.21. The number of carboxylic acid groups (broad SMARTS) is 1. The first-order valence-corrected chi connectivity index (χ1v) is 6.18. The molecule has 7 N–H and O–H groups in total. The molecule has 10 heteroatoms. The van der Waals surface area contributed by atoms with Gasteiger partial charge >= 0.3 is 5.97 Å². The largest absolute Gasteiger partial charge is 0.477 e. The summed E-state index contributed by atoms with van der Waals surface area (Å²) >= 11 is 0. The van der Waals surface area contributed by atoms with Crippen molar-refractivity contribution in [2.24, 2.45) is 0 Å². The van der Waals surface area contributed by atoms with E-state index in [9.17, 15) is 30.0 Å². The van der Waals surface area contributed by atoms with Gasteiger partial charge in [-0.2, -0.15) is 0 Å². The number of carbonyl (C=O) groups excluding carboxylic acids is 1. The zero-order chi connectivity index (χ0) is 16.4. The number of carbonyl (C=O) groups is 2. The summed E-state index contributed by atoms with van der Waals surface area (Å²) in [5.74, 6) is -5.17. The zero-order valence-electron chi connectivity index (χ0n) is 11.2. The number of hydrogen-bond donors (Lipinski definition) is 7. The average molecular weight is 309 g/mol. The molecular weight excluding hydrogens is 290 g/mol. The number of rotatable bonds is 5. The Morgan fingerprint density at radius 1 is 1.43 bits per heavy atom. The SMILES string of the molecule is CC(=O)NC1C(O)C[C@](O)(C(=O)O)OC1C(O)C(O)CO. The molecule has 5 unspecified atom stereocenters. The van der Waals surface area contributed by atoms with Gasteiger partial charge in [0.2, 0.25) is 5.91 Å². The lowest BCUT2D eigenvalue weighted by molar-refractivity contribution is -0.295. The molecule has 1 saturated heterocycles. The van der Waals surface area contributed by atoms with Crippen molar-refractivity contribution < 1.29 is 45.0 Å². The van der Waals surface area contributed by atoms with Gasteiger partial charge in [-0.05, 0) is 0 Å². The highest BCUT2D eigenvalue weighted by molar-refractivity contribution is 5.76. The Morgan fingerprint density at radius 3 is 2.43 bits per heavy atom. The maximum atomic E-state index is 11.1. The van der Waals surface area contributed by atoms with Crippen LogP contribution in [0.25, 0.3) is 0 Å². The summed E-state index contributed by atoms with van der Waals surface area (Å²) in [5.41, 5.74) is 0. The highest BCUT2D eigenvalue weighted by Gasteiger charge is 2.53. The van der Waals surface area contributed by atoms with Gasteiger partial charge in [-0.1, -0.05) is 0 Å². The van der Waals surface area contributed by atoms with Gasteiger partial charge in [0, 0.05) is 13.3 Å². The van der Waals surface area contributed by atoms with Gasteiger partial charge in [-0.3, -0.25) is 4.79 Å². The Hall–Kier alpha value is -1.30. The van der Waals surface area contributed by atoms with Gasteiger partial charge in [0.05, 0.1) is 18.8 Å². The molecule has 6 atom stereocenters. The van der Waals surface area contributed by atoms with Crippen LogP contribution in [0.15, 0.2) is 0 Å². The summed E-state index contributed by atoms with van der Waals surface area (Å²) in [6.07, 6.45) is -7.48. The zero-order valence-corrected chi connectivity index (χ0v) is 11.2. The summed E-state index contributed by atoms with van der Waals surface area (Å²) in [6, 6.07) is -1.27. The lowest BCUT2D eigenvalue weighted by Crippen LogP contribution is -2.67. The van der Waals surface area contributed by atoms with Crippen molar-refractivity contribution in [1.82, 2.24) is 5.32 Å². The maximum absolute atomic E-state index is 11.1. The Morgan fingerprint density at radius 2 is 2.00 bits per heavy atom. The van der Waals surface area contributed by atoms with E-state index in [0.29, 0.717) is 0 Å². The van der Waals surface area contributed by atoms with Gasteiger partial charge in [0.25, 0.3) is 5.79 Å². The van der Waals surface area contributed by atoms with Crippen LogP contribution in [-0.4, -0.2) is 85.4 Å². The van der Waals surface area contributed by atoms with E-state index in [1.54, 1.807) is 0 Å². The van der Waals surface area contributed by atoms with Gasteiger partial charge in [-0.15, -0.1) is 0 Å². The number of amides is 1. The van der Waals surface area contributed by atoms with Crippen LogP contribution >= 0.6 is 0 Å². The van der Waals surface area contributed by atoms with Crippen molar-refractivity contribution >= 4 is 11.9 Å². The molecule has 0 bridgehead atoms. The van der Waals surface area contributed by atoms with E-state index in [4.69, 9.17) is 14.9 Å². The molecule has 1 aliphatic rings. The number of hydrogen-bond acceptors (Lipinski definition) is 8. The van der Waals surface area contributed by atoms with E-state index >= 15 is 0 Å². The lowest BCUT2D eigenvalue weighted by Gasteiger charge is -2.44. The topological polar surface area (TPSA) is 177 Å². The van der Waals surface area contributed by atoms with Crippen LogP contribution in [0.1, 0.15) is 13.3 Å². The Bertz CT molecular complexity index is 403. The van der Waals surface area contributed by atoms with Crippen LogP contribution in [0.3, 0.4) is 0 Å². The Balaban J connectivity index is 3.07. The quantitative estimate of drug-likeness (QED) is 0.268. The summed E-state index contributed by atoms with van der Waals surface area (Å²) in [4.78, 5) is 22.1.